The standard InChI is InChI=1S/C33H39N5O5/c1-5-34-33(41)30(21-9-14-26(42-3)15-10-21)37-31(39)22-11-16-29(35-19-22)38-24-12-13-25(38)18-23(17-24)36-32(40)27-7-6-8-28(43-4)20(27)2/h6-11,14-16,19,23-25,30H,5,12-13,17-18H2,1-4H3,(H,34,41)(H,36,40)(H,37,39)/t23?,24?,25?,30-/m0/s1. The van der Waals surface area contributed by atoms with Gasteiger partial charge in [0.2, 0.25) is 5.91 Å². The Morgan fingerprint density at radius 1 is 0.953 bits per heavy atom. The summed E-state index contributed by atoms with van der Waals surface area (Å²) in [4.78, 5) is 46.1. The Kier molecular flexibility index (Phi) is 9.13. The molecule has 2 fully saturated rings. The van der Waals surface area contributed by atoms with Gasteiger partial charge >= 0.3 is 0 Å². The van der Waals surface area contributed by atoms with Crippen molar-refractivity contribution in [2.45, 2.75) is 63.7 Å². The van der Waals surface area contributed by atoms with Crippen LogP contribution in [0.5, 0.6) is 11.5 Å². The van der Waals surface area contributed by atoms with Crippen LogP contribution < -0.4 is 30.3 Å². The topological polar surface area (TPSA) is 122 Å². The SMILES string of the molecule is CCNC(=O)[C@@H](NC(=O)c1ccc(N2C3CCC2CC(NC(=O)c2cccc(OC)c2C)C3)nc1)c1ccc(OC)cc1. The molecule has 0 spiro atoms. The van der Waals surface area contributed by atoms with E-state index in [1.54, 1.807) is 50.7 Å². The average Bonchev–Trinajstić information content (AvgIpc) is 3.29. The van der Waals surface area contributed by atoms with E-state index in [4.69, 9.17) is 9.47 Å². The zero-order chi connectivity index (χ0) is 30.5. The number of amides is 3. The third kappa shape index (κ3) is 6.43. The molecule has 3 amide bonds. The van der Waals surface area contributed by atoms with Gasteiger partial charge in [-0.1, -0.05) is 18.2 Å². The number of pyridine rings is 1. The molecule has 2 aliphatic heterocycles. The van der Waals surface area contributed by atoms with Gasteiger partial charge in [-0.25, -0.2) is 4.98 Å². The molecule has 226 valence electrons. The number of anilines is 1. The number of methoxy groups -OCH3 is 2. The van der Waals surface area contributed by atoms with Gasteiger partial charge in [-0.05, 0) is 81.5 Å². The second-order valence-corrected chi connectivity index (χ2v) is 11.0. The molecule has 2 unspecified atom stereocenters. The first-order valence-electron chi connectivity index (χ1n) is 14.7. The molecule has 2 aliphatic rings. The fourth-order valence-corrected chi connectivity index (χ4v) is 6.27. The number of aromatic nitrogens is 1. The second kappa shape index (κ2) is 13.1. The Balaban J connectivity index is 1.24. The minimum atomic E-state index is -0.858. The van der Waals surface area contributed by atoms with E-state index in [2.05, 4.69) is 25.8 Å². The summed E-state index contributed by atoms with van der Waals surface area (Å²) in [5, 5.41) is 8.89. The largest absolute Gasteiger partial charge is 0.497 e. The minimum absolute atomic E-state index is 0.0704. The highest BCUT2D eigenvalue weighted by atomic mass is 16.5. The van der Waals surface area contributed by atoms with Crippen molar-refractivity contribution in [2.24, 2.45) is 0 Å². The molecule has 43 heavy (non-hydrogen) atoms. The molecule has 10 nitrogen and oxygen atoms in total. The van der Waals surface area contributed by atoms with Crippen LogP contribution in [0, 0.1) is 6.92 Å². The van der Waals surface area contributed by atoms with Crippen LogP contribution in [-0.2, 0) is 4.79 Å². The Labute approximate surface area is 252 Å². The first-order valence-corrected chi connectivity index (χ1v) is 14.7. The quantitative estimate of drug-likeness (QED) is 0.330. The van der Waals surface area contributed by atoms with Crippen LogP contribution in [0.4, 0.5) is 5.82 Å². The molecule has 1 aromatic heterocycles. The van der Waals surface area contributed by atoms with Crippen LogP contribution >= 0.6 is 0 Å². The number of carbonyl (C=O) groups is 3. The fourth-order valence-electron chi connectivity index (χ4n) is 6.27. The van der Waals surface area contributed by atoms with E-state index in [1.165, 1.54) is 0 Å². The number of fused-ring (bicyclic) bond motifs is 2. The Hall–Kier alpha value is -4.60. The number of hydrogen-bond donors (Lipinski definition) is 3. The smallest absolute Gasteiger partial charge is 0.253 e. The number of hydrogen-bond acceptors (Lipinski definition) is 7. The summed E-state index contributed by atoms with van der Waals surface area (Å²) in [6.07, 6.45) is 5.26. The molecule has 3 atom stereocenters. The van der Waals surface area contributed by atoms with Gasteiger partial charge in [-0.2, -0.15) is 0 Å². The van der Waals surface area contributed by atoms with Crippen molar-refractivity contribution in [3.05, 3.63) is 83.0 Å². The van der Waals surface area contributed by atoms with Crippen LogP contribution in [0.25, 0.3) is 0 Å². The van der Waals surface area contributed by atoms with Crippen LogP contribution in [0.2, 0.25) is 0 Å². The first-order chi connectivity index (χ1) is 20.8. The molecule has 2 saturated heterocycles. The molecule has 2 bridgehead atoms. The van der Waals surface area contributed by atoms with Crippen molar-refractivity contribution < 1.29 is 23.9 Å². The molecule has 5 rings (SSSR count). The number of benzene rings is 2. The van der Waals surface area contributed by atoms with Gasteiger partial charge in [-0.15, -0.1) is 0 Å². The number of carbonyl (C=O) groups excluding carboxylic acids is 3. The molecule has 10 heteroatoms. The van der Waals surface area contributed by atoms with Crippen molar-refractivity contribution in [3.8, 4) is 11.5 Å². The van der Waals surface area contributed by atoms with Gasteiger partial charge in [0.1, 0.15) is 23.4 Å². The van der Waals surface area contributed by atoms with Crippen LogP contribution in [0.1, 0.15) is 70.5 Å². The maximum Gasteiger partial charge on any atom is 0.253 e. The van der Waals surface area contributed by atoms with Crippen molar-refractivity contribution in [3.63, 3.8) is 0 Å². The number of piperidine rings is 1. The van der Waals surface area contributed by atoms with E-state index in [0.29, 0.717) is 34.7 Å². The molecule has 3 N–H and O–H groups in total. The summed E-state index contributed by atoms with van der Waals surface area (Å²) < 4.78 is 10.6. The zero-order valence-electron chi connectivity index (χ0n) is 25.1. The number of rotatable bonds is 10. The van der Waals surface area contributed by atoms with Crippen molar-refractivity contribution in [1.29, 1.82) is 0 Å². The van der Waals surface area contributed by atoms with E-state index in [9.17, 15) is 14.4 Å². The van der Waals surface area contributed by atoms with Gasteiger partial charge in [0, 0.05) is 42.0 Å². The molecule has 3 heterocycles. The lowest BCUT2D eigenvalue weighted by Gasteiger charge is -2.40. The molecule has 2 aromatic carbocycles. The Morgan fingerprint density at radius 3 is 2.28 bits per heavy atom. The van der Waals surface area contributed by atoms with Crippen LogP contribution in [0.3, 0.4) is 0 Å². The lowest BCUT2D eigenvalue weighted by Crippen LogP contribution is -2.50. The summed E-state index contributed by atoms with van der Waals surface area (Å²) in [5.74, 6) is 1.42. The number of nitrogens with one attached hydrogen (secondary N) is 3. The predicted octanol–water partition coefficient (Wildman–Crippen LogP) is 3.94. The monoisotopic (exact) mass is 585 g/mol. The number of nitrogens with zero attached hydrogens (tertiary/aromatic N) is 2. The first kappa shape index (κ1) is 29.9. The van der Waals surface area contributed by atoms with Gasteiger partial charge in [0.05, 0.1) is 19.8 Å². The van der Waals surface area contributed by atoms with Crippen LogP contribution in [0.15, 0.2) is 60.8 Å². The molecule has 3 aromatic rings. The maximum absolute atomic E-state index is 13.2. The number of ether oxygens (including phenoxy) is 2. The van der Waals surface area contributed by atoms with E-state index in [0.717, 1.165) is 37.1 Å². The average molecular weight is 586 g/mol. The third-order valence-electron chi connectivity index (χ3n) is 8.43. The van der Waals surface area contributed by atoms with E-state index in [1.807, 2.05) is 38.1 Å². The van der Waals surface area contributed by atoms with Crippen LogP contribution in [-0.4, -0.2) is 61.6 Å². The summed E-state index contributed by atoms with van der Waals surface area (Å²) >= 11 is 0. The van der Waals surface area contributed by atoms with E-state index >= 15 is 0 Å². The lowest BCUT2D eigenvalue weighted by atomic mass is 9.96. The molecular weight excluding hydrogens is 546 g/mol. The summed E-state index contributed by atoms with van der Waals surface area (Å²) in [6.45, 7) is 4.18. The Bertz CT molecular complexity index is 1450. The highest BCUT2D eigenvalue weighted by Crippen LogP contribution is 2.38. The summed E-state index contributed by atoms with van der Waals surface area (Å²) in [5.41, 5.74) is 2.48. The van der Waals surface area contributed by atoms with Gasteiger partial charge in [0.15, 0.2) is 0 Å². The zero-order valence-corrected chi connectivity index (χ0v) is 25.1. The fraction of sp³-hybridized carbons (Fsp3) is 0.394. The number of likely N-dealkylation sites (N-methyl/N-ethyl adjacent to an activating group) is 1. The molecule has 0 aliphatic carbocycles. The Morgan fingerprint density at radius 2 is 1.67 bits per heavy atom. The highest BCUT2D eigenvalue weighted by Gasteiger charge is 2.42. The normalized spacial score (nSPS) is 19.7. The molecule has 0 saturated carbocycles. The second-order valence-electron chi connectivity index (χ2n) is 11.0. The van der Waals surface area contributed by atoms with E-state index < -0.39 is 6.04 Å². The van der Waals surface area contributed by atoms with Crippen molar-refractivity contribution in [2.75, 3.05) is 25.7 Å². The van der Waals surface area contributed by atoms with Gasteiger partial charge in [-0.3, -0.25) is 14.4 Å². The summed E-state index contributed by atoms with van der Waals surface area (Å²) in [7, 11) is 3.18. The molecular formula is C33H39N5O5. The lowest BCUT2D eigenvalue weighted by molar-refractivity contribution is -0.123. The predicted molar refractivity (Wildman–Crippen MR) is 164 cm³/mol. The third-order valence-corrected chi connectivity index (χ3v) is 8.43. The van der Waals surface area contributed by atoms with Gasteiger partial charge in [0.25, 0.3) is 11.8 Å². The summed E-state index contributed by atoms with van der Waals surface area (Å²) in [6, 6.07) is 15.9. The van der Waals surface area contributed by atoms with Gasteiger partial charge < -0.3 is 30.3 Å². The van der Waals surface area contributed by atoms with Crippen molar-refractivity contribution in [1.82, 2.24) is 20.9 Å². The minimum Gasteiger partial charge on any atom is -0.497 e. The maximum atomic E-state index is 13.2. The van der Waals surface area contributed by atoms with Crippen molar-refractivity contribution >= 4 is 23.5 Å². The highest BCUT2D eigenvalue weighted by molar-refractivity contribution is 5.98. The molecule has 0 radical (unpaired) electrons. The van der Waals surface area contributed by atoms with E-state index in [-0.39, 0.29) is 35.8 Å².